The smallest absolute Gasteiger partial charge is 0.0175 e. The fourth-order valence-electron chi connectivity index (χ4n) is 3.39. The van der Waals surface area contributed by atoms with Gasteiger partial charge in [-0.3, -0.25) is 0 Å². The lowest BCUT2D eigenvalue weighted by molar-refractivity contribution is 0.394. The lowest BCUT2D eigenvalue weighted by Gasteiger charge is -2.22. The van der Waals surface area contributed by atoms with Gasteiger partial charge < -0.3 is 5.32 Å². The lowest BCUT2D eigenvalue weighted by atomic mass is 9.97. The predicted octanol–water partition coefficient (Wildman–Crippen LogP) is 5.33. The standard InChI is InChI=1S/C18H28BrN/c1-3-15-5-4-6-18(12-9-15)20-14(2)13-16-7-10-17(19)11-8-16/h7-8,10-11,14-15,18,20H,3-6,9,12-13H2,1-2H3. The van der Waals surface area contributed by atoms with Crippen molar-refractivity contribution in [2.24, 2.45) is 5.92 Å². The molecule has 0 radical (unpaired) electrons. The van der Waals surface area contributed by atoms with E-state index < -0.39 is 0 Å². The first kappa shape index (κ1) is 16.0. The topological polar surface area (TPSA) is 12.0 Å². The van der Waals surface area contributed by atoms with Crippen molar-refractivity contribution in [2.75, 3.05) is 0 Å². The minimum atomic E-state index is 0.569. The lowest BCUT2D eigenvalue weighted by Crippen LogP contribution is -2.37. The second kappa shape index (κ2) is 8.19. The van der Waals surface area contributed by atoms with Crippen LogP contribution in [0.5, 0.6) is 0 Å². The molecule has 2 heteroatoms. The van der Waals surface area contributed by atoms with Gasteiger partial charge in [-0.1, -0.05) is 54.2 Å². The molecule has 0 saturated heterocycles. The Morgan fingerprint density at radius 3 is 2.60 bits per heavy atom. The van der Waals surface area contributed by atoms with Crippen molar-refractivity contribution in [2.45, 2.75) is 70.9 Å². The largest absolute Gasteiger partial charge is 0.311 e. The van der Waals surface area contributed by atoms with E-state index in [0.717, 1.165) is 22.9 Å². The highest BCUT2D eigenvalue weighted by Gasteiger charge is 2.19. The highest BCUT2D eigenvalue weighted by Crippen LogP contribution is 2.25. The maximum Gasteiger partial charge on any atom is 0.0175 e. The van der Waals surface area contributed by atoms with Crippen LogP contribution in [0.1, 0.15) is 57.9 Å². The SMILES string of the molecule is CCC1CCCC(NC(C)Cc2ccc(Br)cc2)CC1. The van der Waals surface area contributed by atoms with Crippen LogP contribution in [0, 0.1) is 5.92 Å². The molecule has 20 heavy (non-hydrogen) atoms. The average molecular weight is 338 g/mol. The molecule has 1 nitrogen and oxygen atoms in total. The summed E-state index contributed by atoms with van der Waals surface area (Å²) in [5.74, 6) is 0.976. The Hall–Kier alpha value is -0.340. The van der Waals surface area contributed by atoms with Crippen molar-refractivity contribution in [1.29, 1.82) is 0 Å². The molecule has 1 saturated carbocycles. The van der Waals surface area contributed by atoms with Gasteiger partial charge in [0.05, 0.1) is 0 Å². The summed E-state index contributed by atoms with van der Waals surface area (Å²) in [6.45, 7) is 4.67. The first-order chi connectivity index (χ1) is 9.67. The zero-order chi connectivity index (χ0) is 14.4. The Labute approximate surface area is 132 Å². The molecule has 0 aromatic heterocycles. The van der Waals surface area contributed by atoms with Crippen LogP contribution in [0.4, 0.5) is 0 Å². The minimum Gasteiger partial charge on any atom is -0.311 e. The Kier molecular flexibility index (Phi) is 6.57. The van der Waals surface area contributed by atoms with E-state index in [1.165, 1.54) is 44.1 Å². The first-order valence-electron chi connectivity index (χ1n) is 8.18. The third-order valence-electron chi connectivity index (χ3n) is 4.64. The molecule has 0 bridgehead atoms. The molecule has 3 atom stereocenters. The fraction of sp³-hybridized carbons (Fsp3) is 0.667. The van der Waals surface area contributed by atoms with Crippen LogP contribution >= 0.6 is 15.9 Å². The molecule has 0 spiro atoms. The third-order valence-corrected chi connectivity index (χ3v) is 5.17. The van der Waals surface area contributed by atoms with Crippen molar-refractivity contribution in [3.05, 3.63) is 34.3 Å². The molecule has 1 aliphatic rings. The molecule has 0 amide bonds. The van der Waals surface area contributed by atoms with Crippen molar-refractivity contribution in [3.63, 3.8) is 0 Å². The van der Waals surface area contributed by atoms with Gasteiger partial charge in [-0.15, -0.1) is 0 Å². The molecule has 2 rings (SSSR count). The highest BCUT2D eigenvalue weighted by atomic mass is 79.9. The second-order valence-corrected chi connectivity index (χ2v) is 7.29. The average Bonchev–Trinajstić information content (AvgIpc) is 2.66. The predicted molar refractivity (Wildman–Crippen MR) is 91.1 cm³/mol. The highest BCUT2D eigenvalue weighted by molar-refractivity contribution is 9.10. The van der Waals surface area contributed by atoms with E-state index in [2.05, 4.69) is 59.4 Å². The molecule has 0 aliphatic heterocycles. The van der Waals surface area contributed by atoms with E-state index in [1.807, 2.05) is 0 Å². The van der Waals surface area contributed by atoms with Gasteiger partial charge in [-0.05, 0) is 56.2 Å². The van der Waals surface area contributed by atoms with Crippen LogP contribution in [0.15, 0.2) is 28.7 Å². The van der Waals surface area contributed by atoms with Crippen molar-refractivity contribution in [1.82, 2.24) is 5.32 Å². The summed E-state index contributed by atoms with van der Waals surface area (Å²) < 4.78 is 1.16. The van der Waals surface area contributed by atoms with Gasteiger partial charge >= 0.3 is 0 Å². The minimum absolute atomic E-state index is 0.569. The number of hydrogen-bond donors (Lipinski definition) is 1. The third kappa shape index (κ3) is 5.21. The fourth-order valence-corrected chi connectivity index (χ4v) is 3.65. The quantitative estimate of drug-likeness (QED) is 0.716. The van der Waals surface area contributed by atoms with Gasteiger partial charge in [0.15, 0.2) is 0 Å². The Morgan fingerprint density at radius 1 is 1.15 bits per heavy atom. The number of halogens is 1. The Bertz CT molecular complexity index is 387. The molecule has 0 heterocycles. The summed E-state index contributed by atoms with van der Waals surface area (Å²) in [6, 6.07) is 10.0. The molecule has 1 aliphatic carbocycles. The summed E-state index contributed by atoms with van der Waals surface area (Å²) in [7, 11) is 0. The van der Waals surface area contributed by atoms with Crippen molar-refractivity contribution >= 4 is 15.9 Å². The van der Waals surface area contributed by atoms with Crippen LogP contribution in [0.2, 0.25) is 0 Å². The second-order valence-electron chi connectivity index (χ2n) is 6.38. The number of nitrogens with one attached hydrogen (secondary N) is 1. The zero-order valence-corrected chi connectivity index (χ0v) is 14.5. The van der Waals surface area contributed by atoms with Crippen LogP contribution in [0.3, 0.4) is 0 Å². The molecule has 1 fully saturated rings. The van der Waals surface area contributed by atoms with E-state index in [0.29, 0.717) is 6.04 Å². The van der Waals surface area contributed by atoms with Gasteiger partial charge in [0.2, 0.25) is 0 Å². The maximum atomic E-state index is 3.85. The molecule has 1 N–H and O–H groups in total. The van der Waals surface area contributed by atoms with E-state index in [-0.39, 0.29) is 0 Å². The van der Waals surface area contributed by atoms with Crippen molar-refractivity contribution < 1.29 is 0 Å². The normalized spacial score (nSPS) is 25.1. The molecular weight excluding hydrogens is 310 g/mol. The van der Waals surface area contributed by atoms with Crippen LogP contribution < -0.4 is 5.32 Å². The molecule has 3 unspecified atom stereocenters. The number of rotatable bonds is 5. The zero-order valence-electron chi connectivity index (χ0n) is 12.9. The van der Waals surface area contributed by atoms with Crippen LogP contribution in [0.25, 0.3) is 0 Å². The molecular formula is C18H28BrN. The summed E-state index contributed by atoms with van der Waals surface area (Å²) in [6.07, 6.45) is 9.47. The molecule has 1 aromatic carbocycles. The van der Waals surface area contributed by atoms with E-state index in [4.69, 9.17) is 0 Å². The van der Waals surface area contributed by atoms with Gasteiger partial charge in [-0.25, -0.2) is 0 Å². The van der Waals surface area contributed by atoms with Gasteiger partial charge in [0.25, 0.3) is 0 Å². The Balaban J connectivity index is 1.79. The van der Waals surface area contributed by atoms with E-state index >= 15 is 0 Å². The first-order valence-corrected chi connectivity index (χ1v) is 8.97. The number of hydrogen-bond acceptors (Lipinski definition) is 1. The van der Waals surface area contributed by atoms with Gasteiger partial charge in [0, 0.05) is 16.6 Å². The number of benzene rings is 1. The van der Waals surface area contributed by atoms with Crippen LogP contribution in [-0.4, -0.2) is 12.1 Å². The van der Waals surface area contributed by atoms with E-state index in [9.17, 15) is 0 Å². The summed E-state index contributed by atoms with van der Waals surface area (Å²) >= 11 is 3.50. The summed E-state index contributed by atoms with van der Waals surface area (Å²) in [4.78, 5) is 0. The molecule has 112 valence electrons. The Morgan fingerprint density at radius 2 is 1.90 bits per heavy atom. The van der Waals surface area contributed by atoms with Crippen molar-refractivity contribution in [3.8, 4) is 0 Å². The van der Waals surface area contributed by atoms with Gasteiger partial charge in [-0.2, -0.15) is 0 Å². The summed E-state index contributed by atoms with van der Waals surface area (Å²) in [5, 5.41) is 3.85. The summed E-state index contributed by atoms with van der Waals surface area (Å²) in [5.41, 5.74) is 1.42. The van der Waals surface area contributed by atoms with Gasteiger partial charge in [0.1, 0.15) is 0 Å². The monoisotopic (exact) mass is 337 g/mol. The molecule has 1 aromatic rings. The maximum absolute atomic E-state index is 3.85. The van der Waals surface area contributed by atoms with Crippen LogP contribution in [-0.2, 0) is 6.42 Å². The van der Waals surface area contributed by atoms with E-state index in [1.54, 1.807) is 0 Å².